The van der Waals surface area contributed by atoms with Crippen LogP contribution in [0.3, 0.4) is 0 Å². The minimum Gasteiger partial charge on any atom is -0.480 e. The van der Waals surface area contributed by atoms with Crippen LogP contribution in [0.15, 0.2) is 48.5 Å². The van der Waals surface area contributed by atoms with Crippen molar-refractivity contribution in [3.8, 4) is 0 Å². The molecule has 2 aromatic carbocycles. The summed E-state index contributed by atoms with van der Waals surface area (Å²) in [6.45, 7) is -0.168. The van der Waals surface area contributed by atoms with Crippen molar-refractivity contribution in [1.29, 1.82) is 0 Å². The summed E-state index contributed by atoms with van der Waals surface area (Å²) >= 11 is 11.9. The molecule has 0 aliphatic rings. The van der Waals surface area contributed by atoms with Gasteiger partial charge in [-0.25, -0.2) is 9.59 Å². The molecule has 166 valence electrons. The Balaban J connectivity index is 1.77. The number of carbonyl (C=O) groups is 3. The van der Waals surface area contributed by atoms with E-state index in [2.05, 4.69) is 10.6 Å². The molecule has 31 heavy (non-hydrogen) atoms. The van der Waals surface area contributed by atoms with E-state index in [1.807, 2.05) is 18.2 Å². The zero-order chi connectivity index (χ0) is 22.8. The van der Waals surface area contributed by atoms with Gasteiger partial charge in [0.25, 0.3) is 0 Å². The highest BCUT2D eigenvalue weighted by Gasteiger charge is 2.23. The van der Waals surface area contributed by atoms with E-state index in [9.17, 15) is 24.6 Å². The second kappa shape index (κ2) is 12.1. The molecule has 8 nitrogen and oxygen atoms in total. The summed E-state index contributed by atoms with van der Waals surface area (Å²) in [5.74, 6) is -1.94. The molecular formula is C21H22Cl2N2O6. The van der Waals surface area contributed by atoms with Crippen molar-refractivity contribution in [3.05, 3.63) is 69.7 Å². The number of nitrogens with one attached hydrogen (secondary N) is 2. The van der Waals surface area contributed by atoms with E-state index in [0.717, 1.165) is 5.56 Å². The molecule has 0 heterocycles. The van der Waals surface area contributed by atoms with Crippen molar-refractivity contribution in [2.24, 2.45) is 0 Å². The fourth-order valence-electron chi connectivity index (χ4n) is 2.62. The van der Waals surface area contributed by atoms with Crippen LogP contribution in [0.1, 0.15) is 17.5 Å². The predicted octanol–water partition coefficient (Wildman–Crippen LogP) is 2.78. The monoisotopic (exact) mass is 468 g/mol. The van der Waals surface area contributed by atoms with E-state index in [-0.39, 0.29) is 24.6 Å². The number of amides is 2. The molecule has 0 aliphatic heterocycles. The number of hydrogen-bond acceptors (Lipinski definition) is 5. The van der Waals surface area contributed by atoms with Crippen LogP contribution in [-0.4, -0.2) is 46.9 Å². The zero-order valence-corrected chi connectivity index (χ0v) is 17.9. The molecule has 0 spiro atoms. The van der Waals surface area contributed by atoms with Crippen LogP contribution >= 0.6 is 23.2 Å². The van der Waals surface area contributed by atoms with Crippen molar-refractivity contribution in [3.63, 3.8) is 0 Å². The molecule has 2 amide bonds. The van der Waals surface area contributed by atoms with Gasteiger partial charge in [-0.15, -0.1) is 0 Å². The number of hydrogen-bond donors (Lipinski definition) is 4. The molecule has 0 saturated carbocycles. The van der Waals surface area contributed by atoms with E-state index < -0.39 is 36.5 Å². The number of rotatable bonds is 10. The van der Waals surface area contributed by atoms with Crippen molar-refractivity contribution in [1.82, 2.24) is 10.6 Å². The molecule has 2 atom stereocenters. The molecule has 0 fully saturated rings. The third kappa shape index (κ3) is 8.84. The molecule has 0 bridgehead atoms. The lowest BCUT2D eigenvalue weighted by atomic mass is 10.1. The molecule has 0 aromatic heterocycles. The highest BCUT2D eigenvalue weighted by atomic mass is 35.5. The number of halogens is 2. The largest absolute Gasteiger partial charge is 0.480 e. The van der Waals surface area contributed by atoms with Gasteiger partial charge in [-0.1, -0.05) is 59.6 Å². The van der Waals surface area contributed by atoms with Crippen molar-refractivity contribution >= 4 is 41.2 Å². The quantitative estimate of drug-likeness (QED) is 0.424. The van der Waals surface area contributed by atoms with Gasteiger partial charge in [-0.2, -0.15) is 0 Å². The molecule has 2 aromatic rings. The van der Waals surface area contributed by atoms with Crippen LogP contribution < -0.4 is 10.6 Å². The lowest BCUT2D eigenvalue weighted by molar-refractivity contribution is -0.142. The molecule has 4 N–H and O–H groups in total. The minimum absolute atomic E-state index is 0.0583. The molecule has 0 radical (unpaired) electrons. The number of alkyl carbamates (subject to hydrolysis) is 1. The first-order chi connectivity index (χ1) is 14.7. The summed E-state index contributed by atoms with van der Waals surface area (Å²) in [6, 6.07) is 12.4. The van der Waals surface area contributed by atoms with Crippen LogP contribution in [-0.2, 0) is 27.4 Å². The van der Waals surface area contributed by atoms with E-state index in [4.69, 9.17) is 27.9 Å². The van der Waals surface area contributed by atoms with Gasteiger partial charge in [-0.05, 0) is 23.3 Å². The van der Waals surface area contributed by atoms with Gasteiger partial charge in [-0.3, -0.25) is 4.79 Å². The first-order valence-corrected chi connectivity index (χ1v) is 10.1. The van der Waals surface area contributed by atoms with Crippen molar-refractivity contribution in [2.45, 2.75) is 31.6 Å². The topological polar surface area (TPSA) is 125 Å². The van der Waals surface area contributed by atoms with E-state index in [0.29, 0.717) is 10.6 Å². The Labute approximate surface area is 189 Å². The van der Waals surface area contributed by atoms with Gasteiger partial charge in [0.15, 0.2) is 0 Å². The van der Waals surface area contributed by atoms with Gasteiger partial charge in [0, 0.05) is 23.0 Å². The number of carboxylic acids is 1. The molecule has 0 saturated heterocycles. The fourth-order valence-corrected chi connectivity index (χ4v) is 3.11. The molecule has 10 heteroatoms. The highest BCUT2D eigenvalue weighted by Crippen LogP contribution is 2.22. The van der Waals surface area contributed by atoms with Crippen molar-refractivity contribution in [2.75, 3.05) is 6.54 Å². The maximum Gasteiger partial charge on any atom is 0.407 e. The Hall–Kier alpha value is -2.81. The Kier molecular flexibility index (Phi) is 9.58. The van der Waals surface area contributed by atoms with Gasteiger partial charge >= 0.3 is 12.1 Å². The summed E-state index contributed by atoms with van der Waals surface area (Å²) < 4.78 is 5.00. The van der Waals surface area contributed by atoms with Crippen LogP contribution in [0, 0.1) is 0 Å². The highest BCUT2D eigenvalue weighted by molar-refractivity contribution is 6.35. The van der Waals surface area contributed by atoms with E-state index in [1.165, 1.54) is 6.07 Å². The zero-order valence-electron chi connectivity index (χ0n) is 16.4. The number of ether oxygens (including phenoxy) is 1. The summed E-state index contributed by atoms with van der Waals surface area (Å²) in [4.78, 5) is 35.3. The number of carbonyl (C=O) groups excluding carboxylic acids is 2. The number of aliphatic carboxylic acids is 1. The maximum absolute atomic E-state index is 12.1. The SMILES string of the molecule is O=C(C[C@H](O)CNC(=O)OCc1ccccc1)N[C@H](Cc1ccc(Cl)cc1Cl)C(=O)O. The van der Waals surface area contributed by atoms with E-state index in [1.54, 1.807) is 24.3 Å². The normalized spacial score (nSPS) is 12.5. The second-order valence-corrected chi connectivity index (χ2v) is 7.54. The van der Waals surface area contributed by atoms with Gasteiger partial charge in [0.05, 0.1) is 12.5 Å². The van der Waals surface area contributed by atoms with Crippen LogP contribution in [0.2, 0.25) is 10.0 Å². The standard InChI is InChI=1S/C21H22Cl2N2O6/c22-15-7-6-14(17(23)9-15)8-18(20(28)29)25-19(27)10-16(26)11-24-21(30)31-12-13-4-2-1-3-5-13/h1-7,9,16,18,26H,8,10-12H2,(H,24,30)(H,25,27)(H,28,29)/t16-,18+/m0/s1. The molecule has 2 rings (SSSR count). The summed E-state index contributed by atoms with van der Waals surface area (Å²) in [7, 11) is 0. The van der Waals surface area contributed by atoms with Crippen LogP contribution in [0.4, 0.5) is 4.79 Å². The average molecular weight is 469 g/mol. The maximum atomic E-state index is 12.1. The van der Waals surface area contributed by atoms with Gasteiger partial charge in [0.2, 0.25) is 5.91 Å². The second-order valence-electron chi connectivity index (χ2n) is 6.70. The molecule has 0 unspecified atom stereocenters. The Bertz CT molecular complexity index is 910. The first kappa shape index (κ1) is 24.5. The number of aliphatic hydroxyl groups is 1. The third-order valence-corrected chi connectivity index (χ3v) is 4.78. The lowest BCUT2D eigenvalue weighted by Gasteiger charge is -2.17. The van der Waals surface area contributed by atoms with Gasteiger partial charge < -0.3 is 25.6 Å². The molecular weight excluding hydrogens is 447 g/mol. The Morgan fingerprint density at radius 1 is 1.06 bits per heavy atom. The predicted molar refractivity (Wildman–Crippen MR) is 115 cm³/mol. The Morgan fingerprint density at radius 2 is 1.77 bits per heavy atom. The first-order valence-electron chi connectivity index (χ1n) is 9.33. The molecule has 0 aliphatic carbocycles. The van der Waals surface area contributed by atoms with Crippen LogP contribution in [0.25, 0.3) is 0 Å². The van der Waals surface area contributed by atoms with Crippen molar-refractivity contribution < 1.29 is 29.3 Å². The number of benzene rings is 2. The van der Waals surface area contributed by atoms with Crippen LogP contribution in [0.5, 0.6) is 0 Å². The average Bonchev–Trinajstić information content (AvgIpc) is 2.72. The minimum atomic E-state index is -1.25. The van der Waals surface area contributed by atoms with Gasteiger partial charge in [0.1, 0.15) is 12.6 Å². The Morgan fingerprint density at radius 3 is 2.42 bits per heavy atom. The summed E-state index contributed by atoms with van der Waals surface area (Å²) in [5.41, 5.74) is 1.31. The third-order valence-electron chi connectivity index (χ3n) is 4.19. The summed E-state index contributed by atoms with van der Waals surface area (Å²) in [5, 5.41) is 24.7. The number of carboxylic acid groups (broad SMARTS) is 1. The summed E-state index contributed by atoms with van der Waals surface area (Å²) in [6.07, 6.45) is -2.43. The van der Waals surface area contributed by atoms with E-state index >= 15 is 0 Å². The number of aliphatic hydroxyl groups excluding tert-OH is 1. The lowest BCUT2D eigenvalue weighted by Crippen LogP contribution is -2.44. The fraction of sp³-hybridized carbons (Fsp3) is 0.286. The smallest absolute Gasteiger partial charge is 0.407 e.